The summed E-state index contributed by atoms with van der Waals surface area (Å²) in [4.78, 5) is 19.4. The lowest BCUT2D eigenvalue weighted by Gasteiger charge is -2.40. The average molecular weight is 411 g/mol. The number of rotatable bonds is 5. The van der Waals surface area contributed by atoms with Crippen LogP contribution in [-0.4, -0.2) is 59.5 Å². The number of hydrogen-bond donors (Lipinski definition) is 3. The molecule has 4 rings (SSSR count). The van der Waals surface area contributed by atoms with E-state index in [2.05, 4.69) is 70.8 Å². The number of dihydropyridines is 1. The van der Waals surface area contributed by atoms with Crippen LogP contribution in [0.4, 0.5) is 0 Å². The average Bonchev–Trinajstić information content (AvgIpc) is 2.80. The Morgan fingerprint density at radius 3 is 2.77 bits per heavy atom. The third-order valence-corrected chi connectivity index (χ3v) is 6.24. The van der Waals surface area contributed by atoms with Gasteiger partial charge in [0, 0.05) is 55.9 Å². The molecule has 0 spiro atoms. The summed E-state index contributed by atoms with van der Waals surface area (Å²) in [5, 5.41) is 3.57. The molecule has 1 amide bonds. The lowest BCUT2D eigenvalue weighted by molar-refractivity contribution is -0.128. The standard InChI is InChI=1S/C23H34N6O/c1-4-18-13-19(23(30)27-10-7-6-8-11-27)16-24-22(18)28(5-2)20-9-12-29-17(3)15-25-26-21(29)14-20/h9,12-14,21,24-26H,3-8,10-11,15-16H2,1-2H3. The summed E-state index contributed by atoms with van der Waals surface area (Å²) >= 11 is 0. The number of likely N-dealkylation sites (tertiary alicyclic amines) is 1. The highest BCUT2D eigenvalue weighted by Gasteiger charge is 2.28. The number of amides is 1. The number of carbonyl (C=O) groups excluding carboxylic acids is 1. The number of carbonyl (C=O) groups is 1. The molecular formula is C23H34N6O. The van der Waals surface area contributed by atoms with E-state index < -0.39 is 0 Å². The molecule has 0 aromatic rings. The molecule has 4 aliphatic heterocycles. The van der Waals surface area contributed by atoms with Crippen molar-refractivity contribution in [2.24, 2.45) is 0 Å². The van der Waals surface area contributed by atoms with Gasteiger partial charge in [-0.15, -0.1) is 0 Å². The zero-order valence-electron chi connectivity index (χ0n) is 18.2. The van der Waals surface area contributed by atoms with E-state index >= 15 is 0 Å². The number of nitrogens with one attached hydrogen (secondary N) is 3. The summed E-state index contributed by atoms with van der Waals surface area (Å²) in [5.41, 5.74) is 10.7. The van der Waals surface area contributed by atoms with Crippen LogP contribution in [0.1, 0.15) is 39.5 Å². The maximum Gasteiger partial charge on any atom is 0.251 e. The Hall–Kier alpha value is -2.51. The molecule has 4 heterocycles. The Balaban J connectivity index is 1.57. The van der Waals surface area contributed by atoms with Gasteiger partial charge in [0.05, 0.1) is 0 Å². The van der Waals surface area contributed by atoms with E-state index in [4.69, 9.17) is 0 Å². The number of likely N-dealkylation sites (N-methyl/N-ethyl adjacent to an activating group) is 1. The van der Waals surface area contributed by atoms with Crippen LogP contribution in [0, 0.1) is 0 Å². The minimum Gasteiger partial charge on any atom is -0.367 e. The molecule has 0 aliphatic carbocycles. The molecule has 0 bridgehead atoms. The maximum atomic E-state index is 13.0. The van der Waals surface area contributed by atoms with E-state index in [1.165, 1.54) is 12.0 Å². The first-order chi connectivity index (χ1) is 14.6. The van der Waals surface area contributed by atoms with Crippen molar-refractivity contribution >= 4 is 5.91 Å². The fourth-order valence-electron chi connectivity index (χ4n) is 4.56. The highest BCUT2D eigenvalue weighted by Crippen LogP contribution is 2.27. The summed E-state index contributed by atoms with van der Waals surface area (Å²) in [6.45, 7) is 12.4. The van der Waals surface area contributed by atoms with Crippen LogP contribution in [0.2, 0.25) is 0 Å². The second kappa shape index (κ2) is 9.10. The van der Waals surface area contributed by atoms with Gasteiger partial charge in [-0.1, -0.05) is 13.5 Å². The summed E-state index contributed by atoms with van der Waals surface area (Å²) in [6, 6.07) is 0. The van der Waals surface area contributed by atoms with Crippen LogP contribution in [0.5, 0.6) is 0 Å². The summed E-state index contributed by atoms with van der Waals surface area (Å²) in [6.07, 6.45) is 12.9. The second-order valence-corrected chi connectivity index (χ2v) is 8.17. The van der Waals surface area contributed by atoms with Crippen molar-refractivity contribution in [3.05, 3.63) is 59.4 Å². The fourth-order valence-corrected chi connectivity index (χ4v) is 4.56. The van der Waals surface area contributed by atoms with Crippen molar-refractivity contribution in [3.63, 3.8) is 0 Å². The Bertz CT molecular complexity index is 818. The molecule has 2 fully saturated rings. The number of hydrazine groups is 1. The number of hydrogen-bond acceptors (Lipinski definition) is 6. The summed E-state index contributed by atoms with van der Waals surface area (Å²) in [7, 11) is 0. The van der Waals surface area contributed by atoms with Crippen LogP contribution >= 0.6 is 0 Å². The second-order valence-electron chi connectivity index (χ2n) is 8.17. The number of nitrogens with zero attached hydrogens (tertiary/aromatic N) is 3. The third kappa shape index (κ3) is 4.04. The molecule has 1 unspecified atom stereocenters. The lowest BCUT2D eigenvalue weighted by atomic mass is 10.0. The molecule has 30 heavy (non-hydrogen) atoms. The van der Waals surface area contributed by atoms with Crippen LogP contribution < -0.4 is 16.2 Å². The normalized spacial score (nSPS) is 24.2. The highest BCUT2D eigenvalue weighted by atomic mass is 16.2. The van der Waals surface area contributed by atoms with E-state index in [0.29, 0.717) is 6.54 Å². The fraction of sp³-hybridized carbons (Fsp3) is 0.522. The van der Waals surface area contributed by atoms with Gasteiger partial charge in [-0.3, -0.25) is 4.79 Å². The van der Waals surface area contributed by atoms with Crippen LogP contribution in [0.15, 0.2) is 59.4 Å². The minimum absolute atomic E-state index is 0.0429. The Morgan fingerprint density at radius 1 is 1.23 bits per heavy atom. The quantitative estimate of drug-likeness (QED) is 0.646. The van der Waals surface area contributed by atoms with Crippen LogP contribution in [0.25, 0.3) is 0 Å². The molecule has 7 nitrogen and oxygen atoms in total. The smallest absolute Gasteiger partial charge is 0.251 e. The predicted molar refractivity (Wildman–Crippen MR) is 119 cm³/mol. The van der Waals surface area contributed by atoms with Gasteiger partial charge in [-0.2, -0.15) is 0 Å². The molecular weight excluding hydrogens is 376 g/mol. The number of piperidine rings is 1. The summed E-state index contributed by atoms with van der Waals surface area (Å²) in [5.74, 6) is 1.29. The monoisotopic (exact) mass is 410 g/mol. The number of allylic oxidation sites excluding steroid dienone is 3. The van der Waals surface area contributed by atoms with Gasteiger partial charge >= 0.3 is 0 Å². The Kier molecular flexibility index (Phi) is 6.29. The topological polar surface area (TPSA) is 62.9 Å². The Morgan fingerprint density at radius 2 is 2.03 bits per heavy atom. The molecule has 4 aliphatic rings. The SMILES string of the molecule is C=C1CNNC2C=C(N(CC)C3=C(CC)C=C(C(=O)N4CCCCC4)CN3)C=CN12. The van der Waals surface area contributed by atoms with E-state index in [1.807, 2.05) is 4.90 Å². The molecule has 2 saturated heterocycles. The van der Waals surface area contributed by atoms with Gasteiger partial charge in [0.15, 0.2) is 0 Å². The minimum atomic E-state index is 0.0429. The van der Waals surface area contributed by atoms with Gasteiger partial charge in [0.1, 0.15) is 12.0 Å². The van der Waals surface area contributed by atoms with Crippen LogP contribution in [-0.2, 0) is 4.79 Å². The molecule has 0 aromatic carbocycles. The largest absolute Gasteiger partial charge is 0.367 e. The first-order valence-corrected chi connectivity index (χ1v) is 11.2. The van der Waals surface area contributed by atoms with Crippen molar-refractivity contribution in [1.29, 1.82) is 0 Å². The van der Waals surface area contributed by atoms with E-state index in [9.17, 15) is 4.79 Å². The predicted octanol–water partition coefficient (Wildman–Crippen LogP) is 2.13. The van der Waals surface area contributed by atoms with E-state index in [0.717, 1.165) is 68.2 Å². The molecule has 162 valence electrons. The van der Waals surface area contributed by atoms with Gasteiger partial charge in [-0.25, -0.2) is 10.9 Å². The van der Waals surface area contributed by atoms with Gasteiger partial charge in [0.2, 0.25) is 0 Å². The molecule has 7 heteroatoms. The molecule has 3 N–H and O–H groups in total. The van der Waals surface area contributed by atoms with E-state index in [-0.39, 0.29) is 12.1 Å². The zero-order chi connectivity index (χ0) is 21.1. The maximum absolute atomic E-state index is 13.0. The molecule has 0 radical (unpaired) electrons. The molecule has 1 atom stereocenters. The van der Waals surface area contributed by atoms with Crippen molar-refractivity contribution in [2.45, 2.75) is 45.7 Å². The van der Waals surface area contributed by atoms with Gasteiger partial charge in [-0.05, 0) is 56.4 Å². The molecule has 0 saturated carbocycles. The summed E-state index contributed by atoms with van der Waals surface area (Å²) < 4.78 is 0. The van der Waals surface area contributed by atoms with Gasteiger partial charge < -0.3 is 20.0 Å². The third-order valence-electron chi connectivity index (χ3n) is 6.24. The highest BCUT2D eigenvalue weighted by molar-refractivity contribution is 5.94. The van der Waals surface area contributed by atoms with E-state index in [1.54, 1.807) is 0 Å². The van der Waals surface area contributed by atoms with Crippen molar-refractivity contribution in [3.8, 4) is 0 Å². The first-order valence-electron chi connectivity index (χ1n) is 11.2. The van der Waals surface area contributed by atoms with Crippen LogP contribution in [0.3, 0.4) is 0 Å². The van der Waals surface area contributed by atoms with Crippen molar-refractivity contribution < 1.29 is 4.79 Å². The lowest BCUT2D eigenvalue weighted by Crippen LogP contribution is -2.56. The Labute approximate surface area is 179 Å². The number of fused-ring (bicyclic) bond motifs is 1. The van der Waals surface area contributed by atoms with Crippen molar-refractivity contribution in [2.75, 3.05) is 32.7 Å². The molecule has 0 aromatic heterocycles. The zero-order valence-corrected chi connectivity index (χ0v) is 18.2. The first kappa shape index (κ1) is 20.8. The van der Waals surface area contributed by atoms with Crippen molar-refractivity contribution in [1.82, 2.24) is 30.9 Å². The van der Waals surface area contributed by atoms with Gasteiger partial charge in [0.25, 0.3) is 5.91 Å².